The molecule has 0 radical (unpaired) electrons. The minimum Gasteiger partial charge on any atom is -0.399 e. The van der Waals surface area contributed by atoms with Crippen LogP contribution in [0.25, 0.3) is 0 Å². The average Bonchev–Trinajstić information content (AvgIpc) is 3.43. The Morgan fingerprint density at radius 1 is 1.32 bits per heavy atom. The van der Waals surface area contributed by atoms with Gasteiger partial charge in [0.1, 0.15) is 17.8 Å². The molecule has 2 aliphatic heterocycles. The molecule has 6 nitrogen and oxygen atoms in total. The van der Waals surface area contributed by atoms with Gasteiger partial charge in [0.25, 0.3) is 0 Å². The predicted octanol–water partition coefficient (Wildman–Crippen LogP) is 3.59. The van der Waals surface area contributed by atoms with Crippen molar-refractivity contribution in [2.24, 2.45) is 16.6 Å². The van der Waals surface area contributed by atoms with Crippen LogP contribution in [0.4, 0.5) is 8.78 Å². The fraction of sp³-hybridized carbons (Fsp3) is 0.520. The molecule has 2 fully saturated rings. The molecule has 4 rings (SSSR count). The van der Waals surface area contributed by atoms with Crippen molar-refractivity contribution >= 4 is 23.3 Å². The fourth-order valence-corrected chi connectivity index (χ4v) is 5.47. The van der Waals surface area contributed by atoms with Crippen LogP contribution in [0.2, 0.25) is 5.02 Å². The summed E-state index contributed by atoms with van der Waals surface area (Å²) in [5.41, 5.74) is 7.68. The number of allylic oxidation sites excluding steroid dienone is 1. The highest BCUT2D eigenvalue weighted by Gasteiger charge is 2.38. The van der Waals surface area contributed by atoms with Gasteiger partial charge in [0.2, 0.25) is 5.91 Å². The Bertz CT molecular complexity index is 999. The summed E-state index contributed by atoms with van der Waals surface area (Å²) >= 11 is 5.88. The number of aliphatic imine (C=N–C) groups is 1. The molecule has 1 aromatic carbocycles. The third-order valence-electron chi connectivity index (χ3n) is 7.12. The lowest BCUT2D eigenvalue weighted by Crippen LogP contribution is -2.53. The summed E-state index contributed by atoms with van der Waals surface area (Å²) in [5.74, 6) is -0.429. The smallest absolute Gasteiger partial charge is 0.231 e. The van der Waals surface area contributed by atoms with Crippen LogP contribution < -0.4 is 11.1 Å². The number of hydrogen-bond acceptors (Lipinski definition) is 4. The van der Waals surface area contributed by atoms with E-state index < -0.39 is 17.9 Å². The second kappa shape index (κ2) is 10.4. The number of alkyl halides is 1. The van der Waals surface area contributed by atoms with Gasteiger partial charge in [-0.2, -0.15) is 0 Å². The van der Waals surface area contributed by atoms with Gasteiger partial charge < -0.3 is 20.9 Å². The van der Waals surface area contributed by atoms with Gasteiger partial charge in [-0.3, -0.25) is 4.79 Å². The molecule has 1 aliphatic carbocycles. The molecule has 0 saturated carbocycles. The van der Waals surface area contributed by atoms with Gasteiger partial charge in [-0.15, -0.1) is 0 Å². The number of amidine groups is 1. The molecule has 1 aromatic rings. The van der Waals surface area contributed by atoms with E-state index in [1.165, 1.54) is 18.3 Å². The monoisotopic (exact) mass is 491 g/mol. The minimum absolute atomic E-state index is 0.0280. The largest absolute Gasteiger partial charge is 0.399 e. The summed E-state index contributed by atoms with van der Waals surface area (Å²) in [6.07, 6.45) is 2.46. The zero-order valence-electron chi connectivity index (χ0n) is 19.4. The first-order valence-electron chi connectivity index (χ1n) is 11.9. The summed E-state index contributed by atoms with van der Waals surface area (Å²) in [6.45, 7) is 8.54. The minimum atomic E-state index is -1.16. The Labute approximate surface area is 204 Å². The standard InChI is InChI=1S/C25H32ClF2N5O/c1-3-30-24(21-15(2)13-19(28)23(21)29)32-9-11-33(12-10-32)25(34)22(20-5-4-8-31-20)16-6-7-17(26)18(27)14-16/h3,6-7,14-15,19-20,22,31H,1,4-5,8-13,29H2,2H3/t15?,19-,20-,22-/m0/s1. The topological polar surface area (TPSA) is 74.0 Å². The maximum absolute atomic E-state index is 14.2. The summed E-state index contributed by atoms with van der Waals surface area (Å²) in [5, 5.41) is 3.45. The van der Waals surface area contributed by atoms with Crippen LogP contribution in [0.1, 0.15) is 37.7 Å². The number of piperazine rings is 1. The van der Waals surface area contributed by atoms with Crippen molar-refractivity contribution in [3.05, 3.63) is 58.7 Å². The summed E-state index contributed by atoms with van der Waals surface area (Å²) in [7, 11) is 0. The van der Waals surface area contributed by atoms with Crippen molar-refractivity contribution in [2.45, 2.75) is 44.3 Å². The van der Waals surface area contributed by atoms with Gasteiger partial charge in [-0.05, 0) is 49.4 Å². The number of hydrogen-bond donors (Lipinski definition) is 2. The number of halogens is 3. The number of benzene rings is 1. The van der Waals surface area contributed by atoms with E-state index in [9.17, 15) is 13.6 Å². The van der Waals surface area contributed by atoms with Gasteiger partial charge in [0, 0.05) is 44.0 Å². The van der Waals surface area contributed by atoms with Crippen LogP contribution >= 0.6 is 11.6 Å². The molecule has 0 spiro atoms. The number of nitrogens with zero attached hydrogens (tertiary/aromatic N) is 3. The van der Waals surface area contributed by atoms with Gasteiger partial charge in [0.05, 0.1) is 16.6 Å². The molecule has 0 aromatic heterocycles. The molecule has 0 bridgehead atoms. The van der Waals surface area contributed by atoms with Crippen molar-refractivity contribution in [1.29, 1.82) is 0 Å². The number of carbonyl (C=O) groups excluding carboxylic acids is 1. The van der Waals surface area contributed by atoms with Crippen LogP contribution in [-0.4, -0.2) is 66.5 Å². The first-order valence-corrected chi connectivity index (χ1v) is 12.2. The number of nitrogens with two attached hydrogens (primary N) is 1. The van der Waals surface area contributed by atoms with Crippen molar-refractivity contribution in [3.63, 3.8) is 0 Å². The Hall–Kier alpha value is -2.45. The Kier molecular flexibility index (Phi) is 7.57. The van der Waals surface area contributed by atoms with E-state index in [1.54, 1.807) is 6.07 Å². The number of amides is 1. The van der Waals surface area contributed by atoms with Crippen molar-refractivity contribution < 1.29 is 13.6 Å². The maximum Gasteiger partial charge on any atom is 0.231 e. The molecule has 1 amide bonds. The zero-order valence-corrected chi connectivity index (χ0v) is 20.2. The highest BCUT2D eigenvalue weighted by Crippen LogP contribution is 2.34. The molecular weight excluding hydrogens is 460 g/mol. The molecule has 34 heavy (non-hydrogen) atoms. The van der Waals surface area contributed by atoms with Crippen LogP contribution in [-0.2, 0) is 4.79 Å². The molecule has 2 heterocycles. The van der Waals surface area contributed by atoms with Gasteiger partial charge >= 0.3 is 0 Å². The summed E-state index contributed by atoms with van der Waals surface area (Å²) in [6, 6.07) is 4.58. The van der Waals surface area contributed by atoms with Gasteiger partial charge in [-0.1, -0.05) is 31.2 Å². The lowest BCUT2D eigenvalue weighted by atomic mass is 9.88. The van der Waals surface area contributed by atoms with E-state index in [1.807, 2.05) is 16.7 Å². The van der Waals surface area contributed by atoms with Crippen molar-refractivity contribution in [1.82, 2.24) is 15.1 Å². The van der Waals surface area contributed by atoms with Crippen molar-refractivity contribution in [2.75, 3.05) is 32.7 Å². The van der Waals surface area contributed by atoms with Crippen molar-refractivity contribution in [3.8, 4) is 0 Å². The highest BCUT2D eigenvalue weighted by atomic mass is 35.5. The van der Waals surface area contributed by atoms with E-state index in [-0.39, 0.29) is 28.6 Å². The van der Waals surface area contributed by atoms with E-state index in [4.69, 9.17) is 17.3 Å². The number of rotatable bonds is 5. The predicted molar refractivity (Wildman–Crippen MR) is 131 cm³/mol. The molecule has 4 atom stereocenters. The van der Waals surface area contributed by atoms with E-state index >= 15 is 0 Å². The SMILES string of the molecule is C=CN=C(C1=C(N)[C@@H](F)CC1C)N1CCN(C(=O)[C@@H](c2ccc(Cl)c(F)c2)[C@@H]2CCCN2)CC1. The first kappa shape index (κ1) is 24.7. The van der Waals surface area contributed by atoms with Crippen LogP contribution in [0.3, 0.4) is 0 Å². The quantitative estimate of drug-likeness (QED) is 0.487. The zero-order chi connectivity index (χ0) is 24.4. The van der Waals surface area contributed by atoms with E-state index in [2.05, 4.69) is 16.9 Å². The summed E-state index contributed by atoms with van der Waals surface area (Å²) in [4.78, 5) is 22.0. The van der Waals surface area contributed by atoms with Crippen LogP contribution in [0.5, 0.6) is 0 Å². The first-order chi connectivity index (χ1) is 16.3. The fourth-order valence-electron chi connectivity index (χ4n) is 5.35. The Balaban J connectivity index is 1.51. The number of carbonyl (C=O) groups is 1. The van der Waals surface area contributed by atoms with E-state index in [0.29, 0.717) is 44.0 Å². The third-order valence-corrected chi connectivity index (χ3v) is 7.42. The van der Waals surface area contributed by atoms with Crippen LogP contribution in [0.15, 0.2) is 47.2 Å². The molecule has 3 N–H and O–H groups in total. The lowest BCUT2D eigenvalue weighted by molar-refractivity contribution is -0.134. The summed E-state index contributed by atoms with van der Waals surface area (Å²) < 4.78 is 28.5. The molecule has 3 aliphatic rings. The normalized spacial score (nSPS) is 26.8. The second-order valence-electron chi connectivity index (χ2n) is 9.27. The second-order valence-corrected chi connectivity index (χ2v) is 9.68. The molecule has 2 saturated heterocycles. The third kappa shape index (κ3) is 4.84. The molecule has 9 heteroatoms. The van der Waals surface area contributed by atoms with Crippen LogP contribution in [0, 0.1) is 11.7 Å². The molecule has 184 valence electrons. The van der Waals surface area contributed by atoms with Gasteiger partial charge in [-0.25, -0.2) is 13.8 Å². The lowest BCUT2D eigenvalue weighted by Gasteiger charge is -2.39. The molecular formula is C25H32ClF2N5O. The highest BCUT2D eigenvalue weighted by molar-refractivity contribution is 6.30. The average molecular weight is 492 g/mol. The Morgan fingerprint density at radius 2 is 2.03 bits per heavy atom. The Morgan fingerprint density at radius 3 is 2.59 bits per heavy atom. The van der Waals surface area contributed by atoms with E-state index in [0.717, 1.165) is 25.0 Å². The molecule has 1 unspecified atom stereocenters. The number of nitrogens with one attached hydrogen (secondary N) is 1. The maximum atomic E-state index is 14.2. The van der Waals surface area contributed by atoms with Gasteiger partial charge in [0.15, 0.2) is 0 Å².